The van der Waals surface area contributed by atoms with Gasteiger partial charge in [-0.2, -0.15) is 5.26 Å². The molecule has 25 heavy (non-hydrogen) atoms. The highest BCUT2D eigenvalue weighted by Gasteiger charge is 2.13. The third kappa shape index (κ3) is 4.13. The number of sulfonamides is 1. The summed E-state index contributed by atoms with van der Waals surface area (Å²) in [4.78, 5) is 4.28. The van der Waals surface area contributed by atoms with E-state index in [1.807, 2.05) is 6.07 Å². The van der Waals surface area contributed by atoms with Crippen molar-refractivity contribution in [2.75, 3.05) is 10.0 Å². The van der Waals surface area contributed by atoms with Gasteiger partial charge in [-0.05, 0) is 42.5 Å². The normalized spacial score (nSPS) is 10.7. The van der Waals surface area contributed by atoms with Crippen molar-refractivity contribution < 1.29 is 8.42 Å². The van der Waals surface area contributed by atoms with Gasteiger partial charge in [-0.1, -0.05) is 24.3 Å². The van der Waals surface area contributed by atoms with Crippen molar-refractivity contribution in [1.29, 1.82) is 5.26 Å². The Morgan fingerprint density at radius 2 is 1.72 bits per heavy atom. The molecule has 0 aliphatic carbocycles. The quantitative estimate of drug-likeness (QED) is 0.734. The highest BCUT2D eigenvalue weighted by Crippen LogP contribution is 2.19. The van der Waals surface area contributed by atoms with E-state index in [-0.39, 0.29) is 10.7 Å². The summed E-state index contributed by atoms with van der Waals surface area (Å²) in [5, 5.41) is 12.0. The van der Waals surface area contributed by atoms with Crippen LogP contribution in [0.1, 0.15) is 5.56 Å². The van der Waals surface area contributed by atoms with E-state index < -0.39 is 10.0 Å². The summed E-state index contributed by atoms with van der Waals surface area (Å²) >= 11 is 0. The molecule has 0 bridgehead atoms. The Kier molecular flexibility index (Phi) is 4.64. The summed E-state index contributed by atoms with van der Waals surface area (Å²) in [5.41, 5.74) is 1.97. The minimum atomic E-state index is -3.66. The molecule has 1 aromatic heterocycles. The fourth-order valence-corrected chi connectivity index (χ4v) is 3.19. The first kappa shape index (κ1) is 16.5. The minimum Gasteiger partial charge on any atom is -0.354 e. The van der Waals surface area contributed by atoms with Crippen molar-refractivity contribution in [3.63, 3.8) is 0 Å². The second-order valence-electron chi connectivity index (χ2n) is 5.17. The molecule has 3 aromatic rings. The molecule has 0 unspecified atom stereocenters. The van der Waals surface area contributed by atoms with Crippen molar-refractivity contribution >= 4 is 27.2 Å². The van der Waals surface area contributed by atoms with Crippen LogP contribution in [-0.2, 0) is 10.0 Å². The van der Waals surface area contributed by atoms with Crippen LogP contribution in [0.25, 0.3) is 0 Å². The van der Waals surface area contributed by atoms with Gasteiger partial charge in [-0.25, -0.2) is 13.4 Å². The van der Waals surface area contributed by atoms with Crippen molar-refractivity contribution in [3.05, 3.63) is 78.5 Å². The molecule has 0 atom stereocenters. The van der Waals surface area contributed by atoms with Gasteiger partial charge in [0.2, 0.25) is 0 Å². The molecule has 6 nitrogen and oxygen atoms in total. The van der Waals surface area contributed by atoms with Gasteiger partial charge >= 0.3 is 0 Å². The van der Waals surface area contributed by atoms with E-state index in [0.29, 0.717) is 11.3 Å². The highest BCUT2D eigenvalue weighted by molar-refractivity contribution is 7.92. The number of nitriles is 1. The van der Waals surface area contributed by atoms with Gasteiger partial charge in [0.1, 0.15) is 5.82 Å². The van der Waals surface area contributed by atoms with Crippen molar-refractivity contribution in [2.45, 2.75) is 4.90 Å². The molecule has 2 aromatic carbocycles. The van der Waals surface area contributed by atoms with Crippen LogP contribution in [0.2, 0.25) is 0 Å². The number of hydrogen-bond donors (Lipinski definition) is 2. The van der Waals surface area contributed by atoms with E-state index in [0.717, 1.165) is 5.69 Å². The molecule has 0 aliphatic rings. The average Bonchev–Trinajstić information content (AvgIpc) is 2.64. The molecule has 2 N–H and O–H groups in total. The predicted octanol–water partition coefficient (Wildman–Crippen LogP) is 3.50. The van der Waals surface area contributed by atoms with Crippen LogP contribution in [0.3, 0.4) is 0 Å². The lowest BCUT2D eigenvalue weighted by Crippen LogP contribution is -2.13. The summed E-state index contributed by atoms with van der Waals surface area (Å²) in [6.45, 7) is 0. The van der Waals surface area contributed by atoms with E-state index in [4.69, 9.17) is 5.26 Å². The monoisotopic (exact) mass is 350 g/mol. The Morgan fingerprint density at radius 1 is 0.920 bits per heavy atom. The molecule has 0 amide bonds. The zero-order chi connectivity index (χ0) is 17.7. The summed E-state index contributed by atoms with van der Waals surface area (Å²) in [6.07, 6.45) is 1.52. The maximum absolute atomic E-state index is 12.3. The minimum absolute atomic E-state index is 0.173. The van der Waals surface area contributed by atoms with E-state index in [2.05, 4.69) is 21.1 Å². The first-order valence-electron chi connectivity index (χ1n) is 7.38. The van der Waals surface area contributed by atoms with Crippen LogP contribution >= 0.6 is 0 Å². The van der Waals surface area contributed by atoms with Gasteiger partial charge in [-0.3, -0.25) is 4.72 Å². The van der Waals surface area contributed by atoms with Gasteiger partial charge < -0.3 is 5.32 Å². The molecule has 0 fully saturated rings. The first-order chi connectivity index (χ1) is 12.1. The number of benzene rings is 2. The second-order valence-corrected chi connectivity index (χ2v) is 6.85. The number of hydrogen-bond acceptors (Lipinski definition) is 5. The van der Waals surface area contributed by atoms with Crippen molar-refractivity contribution in [3.8, 4) is 6.07 Å². The van der Waals surface area contributed by atoms with E-state index in [9.17, 15) is 8.42 Å². The van der Waals surface area contributed by atoms with Gasteiger partial charge in [0, 0.05) is 5.69 Å². The van der Waals surface area contributed by atoms with Crippen molar-refractivity contribution in [2.24, 2.45) is 0 Å². The third-order valence-corrected chi connectivity index (χ3v) is 4.71. The molecule has 124 valence electrons. The van der Waals surface area contributed by atoms with E-state index in [1.165, 1.54) is 18.3 Å². The van der Waals surface area contributed by atoms with Crippen LogP contribution in [0, 0.1) is 11.3 Å². The van der Waals surface area contributed by atoms with Crippen LogP contribution < -0.4 is 10.0 Å². The van der Waals surface area contributed by atoms with Gasteiger partial charge in [0.15, 0.2) is 0 Å². The zero-order valence-corrected chi connectivity index (χ0v) is 13.9. The Bertz CT molecular complexity index is 1010. The lowest BCUT2D eigenvalue weighted by Gasteiger charge is -2.09. The first-order valence-corrected chi connectivity index (χ1v) is 8.86. The topological polar surface area (TPSA) is 94.9 Å². The number of pyridine rings is 1. The maximum atomic E-state index is 12.3. The molecular formula is C18H14N4O2S. The molecule has 0 saturated carbocycles. The SMILES string of the molecule is N#Cc1cccc(Nc2ccc(NS(=O)(=O)c3ccccc3)nc2)c1. The van der Waals surface area contributed by atoms with E-state index >= 15 is 0 Å². The Hall–Kier alpha value is -3.37. The lowest BCUT2D eigenvalue weighted by atomic mass is 10.2. The fourth-order valence-electron chi connectivity index (χ4n) is 2.16. The molecule has 0 aliphatic heterocycles. The summed E-state index contributed by atoms with van der Waals surface area (Å²) in [5.74, 6) is 0.222. The van der Waals surface area contributed by atoms with Crippen molar-refractivity contribution in [1.82, 2.24) is 4.98 Å². The van der Waals surface area contributed by atoms with Crippen LogP contribution in [0.4, 0.5) is 17.2 Å². The maximum Gasteiger partial charge on any atom is 0.263 e. The molecule has 3 rings (SSSR count). The van der Waals surface area contributed by atoms with Crippen LogP contribution in [0.5, 0.6) is 0 Å². The number of nitrogens with zero attached hydrogens (tertiary/aromatic N) is 2. The average molecular weight is 350 g/mol. The standard InChI is InChI=1S/C18H14N4O2S/c19-12-14-5-4-6-15(11-14)21-16-9-10-18(20-13-16)22-25(23,24)17-7-2-1-3-8-17/h1-11,13,21H,(H,20,22). The molecule has 0 spiro atoms. The lowest BCUT2D eigenvalue weighted by molar-refractivity contribution is 0.601. The second kappa shape index (κ2) is 7.03. The van der Waals surface area contributed by atoms with Gasteiger partial charge in [0.25, 0.3) is 10.0 Å². The summed E-state index contributed by atoms with van der Waals surface area (Å²) in [7, 11) is -3.66. The highest BCUT2D eigenvalue weighted by atomic mass is 32.2. The Balaban J connectivity index is 1.73. The van der Waals surface area contributed by atoms with Crippen LogP contribution in [-0.4, -0.2) is 13.4 Å². The fraction of sp³-hybridized carbons (Fsp3) is 0. The third-order valence-electron chi connectivity index (χ3n) is 3.34. The number of rotatable bonds is 5. The Labute approximate surface area is 145 Å². The van der Waals surface area contributed by atoms with Crippen LogP contribution in [0.15, 0.2) is 77.8 Å². The number of nitrogens with one attached hydrogen (secondary N) is 2. The summed E-state index contributed by atoms with van der Waals surface area (Å²) in [6, 6.07) is 20.5. The zero-order valence-electron chi connectivity index (χ0n) is 13.0. The number of anilines is 3. The Morgan fingerprint density at radius 3 is 2.40 bits per heavy atom. The molecule has 0 saturated heterocycles. The smallest absolute Gasteiger partial charge is 0.263 e. The molecule has 0 radical (unpaired) electrons. The predicted molar refractivity (Wildman–Crippen MR) is 95.9 cm³/mol. The van der Waals surface area contributed by atoms with E-state index in [1.54, 1.807) is 48.5 Å². The molecule has 7 heteroatoms. The van der Waals surface area contributed by atoms with Gasteiger partial charge in [0.05, 0.1) is 28.4 Å². The number of aromatic nitrogens is 1. The molecule has 1 heterocycles. The molecular weight excluding hydrogens is 336 g/mol. The summed E-state index contributed by atoms with van der Waals surface area (Å²) < 4.78 is 26.9. The largest absolute Gasteiger partial charge is 0.354 e. The van der Waals surface area contributed by atoms with Gasteiger partial charge in [-0.15, -0.1) is 0 Å².